The highest BCUT2D eigenvalue weighted by Gasteiger charge is 2.26. The summed E-state index contributed by atoms with van der Waals surface area (Å²) in [5.74, 6) is 0. The first kappa shape index (κ1) is 13.8. The highest BCUT2D eigenvalue weighted by atomic mass is 35.5. The lowest BCUT2D eigenvalue weighted by molar-refractivity contribution is 0.0922. The average molecular weight is 272 g/mol. The van der Waals surface area contributed by atoms with E-state index in [9.17, 15) is 5.11 Å². The van der Waals surface area contributed by atoms with Gasteiger partial charge in [0.2, 0.25) is 0 Å². The van der Waals surface area contributed by atoms with Crippen LogP contribution in [-0.2, 0) is 20.0 Å². The molecule has 1 heterocycles. The predicted molar refractivity (Wildman–Crippen MR) is 72.7 cm³/mol. The van der Waals surface area contributed by atoms with Crippen LogP contribution in [0.5, 0.6) is 0 Å². The summed E-state index contributed by atoms with van der Waals surface area (Å²) in [4.78, 5) is 2.33. The molecule has 4 nitrogen and oxygen atoms in total. The summed E-state index contributed by atoms with van der Waals surface area (Å²) in [6.45, 7) is 3.77. The van der Waals surface area contributed by atoms with Gasteiger partial charge in [-0.1, -0.05) is 24.9 Å². The Balaban J connectivity index is 2.12. The Hall–Kier alpha value is -0.580. The molecule has 0 spiro atoms. The minimum atomic E-state index is 0.201. The van der Waals surface area contributed by atoms with Crippen molar-refractivity contribution in [3.63, 3.8) is 0 Å². The number of aromatic nitrogens is 2. The highest BCUT2D eigenvalue weighted by Crippen LogP contribution is 2.28. The van der Waals surface area contributed by atoms with Gasteiger partial charge in [-0.3, -0.25) is 9.58 Å². The van der Waals surface area contributed by atoms with E-state index in [1.165, 1.54) is 19.3 Å². The van der Waals surface area contributed by atoms with Gasteiger partial charge in [-0.15, -0.1) is 0 Å². The van der Waals surface area contributed by atoms with Gasteiger partial charge in [0.15, 0.2) is 0 Å². The second-order valence-corrected chi connectivity index (χ2v) is 5.34. The van der Waals surface area contributed by atoms with Crippen molar-refractivity contribution in [3.05, 3.63) is 16.4 Å². The second-order valence-electron chi connectivity index (χ2n) is 4.96. The summed E-state index contributed by atoms with van der Waals surface area (Å²) in [6, 6.07) is 0.605. The van der Waals surface area contributed by atoms with Gasteiger partial charge in [-0.2, -0.15) is 5.10 Å². The van der Waals surface area contributed by atoms with Crippen LogP contribution in [0.2, 0.25) is 5.02 Å². The molecule has 18 heavy (non-hydrogen) atoms. The Kier molecular flexibility index (Phi) is 4.65. The number of nitrogens with zero attached hydrogens (tertiary/aromatic N) is 3. The third-order valence-electron chi connectivity index (χ3n) is 3.83. The van der Waals surface area contributed by atoms with E-state index in [4.69, 9.17) is 11.6 Å². The summed E-state index contributed by atoms with van der Waals surface area (Å²) in [6.07, 6.45) is 4.62. The molecule has 0 aromatic carbocycles. The number of aliphatic hydroxyl groups excluding tert-OH is 1. The molecule has 2 rings (SSSR count). The molecular weight excluding hydrogens is 250 g/mol. The van der Waals surface area contributed by atoms with E-state index >= 15 is 0 Å². The fourth-order valence-corrected chi connectivity index (χ4v) is 2.81. The van der Waals surface area contributed by atoms with Crippen molar-refractivity contribution in [2.24, 2.45) is 7.05 Å². The van der Waals surface area contributed by atoms with Crippen LogP contribution in [0.25, 0.3) is 0 Å². The molecule has 0 bridgehead atoms. The van der Waals surface area contributed by atoms with Gasteiger partial charge in [-0.25, -0.2) is 0 Å². The minimum Gasteiger partial charge on any atom is -0.395 e. The summed E-state index contributed by atoms with van der Waals surface area (Å²) < 4.78 is 1.88. The molecule has 1 saturated carbocycles. The van der Waals surface area contributed by atoms with Gasteiger partial charge in [0, 0.05) is 26.2 Å². The van der Waals surface area contributed by atoms with Gasteiger partial charge >= 0.3 is 0 Å². The smallest absolute Gasteiger partial charge is 0.0863 e. The van der Waals surface area contributed by atoms with Crippen LogP contribution in [0.15, 0.2) is 0 Å². The van der Waals surface area contributed by atoms with E-state index in [-0.39, 0.29) is 6.61 Å². The highest BCUT2D eigenvalue weighted by molar-refractivity contribution is 6.31. The van der Waals surface area contributed by atoms with E-state index < -0.39 is 0 Å². The molecule has 0 radical (unpaired) electrons. The number of halogens is 1. The summed E-state index contributed by atoms with van der Waals surface area (Å²) >= 11 is 6.37. The first-order valence-electron chi connectivity index (χ1n) is 6.72. The zero-order valence-corrected chi connectivity index (χ0v) is 11.9. The largest absolute Gasteiger partial charge is 0.395 e. The normalized spacial score (nSPS) is 16.3. The maximum absolute atomic E-state index is 9.18. The maximum Gasteiger partial charge on any atom is 0.0863 e. The molecule has 1 N–H and O–H groups in total. The molecule has 0 unspecified atom stereocenters. The van der Waals surface area contributed by atoms with Crippen molar-refractivity contribution in [2.45, 2.75) is 45.2 Å². The van der Waals surface area contributed by atoms with E-state index in [2.05, 4.69) is 16.9 Å². The molecule has 0 aliphatic heterocycles. The predicted octanol–water partition coefficient (Wildman–Crippen LogP) is 1.98. The Morgan fingerprint density at radius 1 is 1.50 bits per heavy atom. The summed E-state index contributed by atoms with van der Waals surface area (Å²) in [5.41, 5.74) is 2.03. The van der Waals surface area contributed by atoms with Crippen LogP contribution in [-0.4, -0.2) is 39.0 Å². The topological polar surface area (TPSA) is 41.3 Å². The van der Waals surface area contributed by atoms with E-state index in [1.807, 2.05) is 11.7 Å². The maximum atomic E-state index is 9.18. The van der Waals surface area contributed by atoms with Gasteiger partial charge in [0.25, 0.3) is 0 Å². The third-order valence-corrected chi connectivity index (χ3v) is 4.27. The number of hydrogen-bond donors (Lipinski definition) is 1. The molecule has 1 aromatic heterocycles. The molecule has 1 fully saturated rings. The monoisotopic (exact) mass is 271 g/mol. The first-order chi connectivity index (χ1) is 8.67. The molecule has 102 valence electrons. The van der Waals surface area contributed by atoms with Crippen molar-refractivity contribution in [1.82, 2.24) is 14.7 Å². The minimum absolute atomic E-state index is 0.201. The zero-order chi connectivity index (χ0) is 13.1. The summed E-state index contributed by atoms with van der Waals surface area (Å²) in [5, 5.41) is 14.4. The first-order valence-corrected chi connectivity index (χ1v) is 7.10. The van der Waals surface area contributed by atoms with Crippen LogP contribution in [0.4, 0.5) is 0 Å². The zero-order valence-electron chi connectivity index (χ0n) is 11.2. The lowest BCUT2D eigenvalue weighted by Crippen LogP contribution is -2.41. The molecule has 0 amide bonds. The Labute approximate surface area is 114 Å². The SMILES string of the molecule is CCc1nn(C)c(CN(CCO)C2CCC2)c1Cl. The van der Waals surface area contributed by atoms with Crippen LogP contribution >= 0.6 is 11.6 Å². The standard InChI is InChI=1S/C13H22ClN3O/c1-3-11-13(14)12(16(2)15-11)9-17(7-8-18)10-5-4-6-10/h10,18H,3-9H2,1-2H3. The molecule has 0 atom stereocenters. The lowest BCUT2D eigenvalue weighted by Gasteiger charge is -2.37. The number of aliphatic hydroxyl groups is 1. The quantitative estimate of drug-likeness (QED) is 0.860. The van der Waals surface area contributed by atoms with Gasteiger partial charge < -0.3 is 5.11 Å². The number of rotatable bonds is 6. The van der Waals surface area contributed by atoms with Crippen LogP contribution in [0, 0.1) is 0 Å². The van der Waals surface area contributed by atoms with Crippen molar-refractivity contribution in [2.75, 3.05) is 13.2 Å². The fraction of sp³-hybridized carbons (Fsp3) is 0.769. The van der Waals surface area contributed by atoms with Crippen molar-refractivity contribution in [3.8, 4) is 0 Å². The molecule has 0 saturated heterocycles. The third kappa shape index (κ3) is 2.71. The molecule has 1 aliphatic carbocycles. The lowest BCUT2D eigenvalue weighted by atomic mass is 9.91. The number of hydrogen-bond acceptors (Lipinski definition) is 3. The second kappa shape index (κ2) is 6.04. The van der Waals surface area contributed by atoms with E-state index in [1.54, 1.807) is 0 Å². The Morgan fingerprint density at radius 3 is 2.67 bits per heavy atom. The van der Waals surface area contributed by atoms with Crippen LogP contribution in [0.3, 0.4) is 0 Å². The molecule has 5 heteroatoms. The Morgan fingerprint density at radius 2 is 2.22 bits per heavy atom. The average Bonchev–Trinajstić information content (AvgIpc) is 2.54. The number of aryl methyl sites for hydroxylation is 2. The van der Waals surface area contributed by atoms with Crippen LogP contribution < -0.4 is 0 Å². The van der Waals surface area contributed by atoms with Crippen molar-refractivity contribution in [1.29, 1.82) is 0 Å². The van der Waals surface area contributed by atoms with Crippen LogP contribution in [0.1, 0.15) is 37.6 Å². The summed E-state index contributed by atoms with van der Waals surface area (Å²) in [7, 11) is 1.94. The molecule has 1 aromatic rings. The van der Waals surface area contributed by atoms with E-state index in [0.717, 1.165) is 29.4 Å². The fourth-order valence-electron chi connectivity index (χ4n) is 2.45. The van der Waals surface area contributed by atoms with Gasteiger partial charge in [-0.05, 0) is 19.3 Å². The van der Waals surface area contributed by atoms with Gasteiger partial charge in [0.1, 0.15) is 0 Å². The molecule has 1 aliphatic rings. The Bertz CT molecular complexity index is 401. The van der Waals surface area contributed by atoms with Crippen molar-refractivity contribution < 1.29 is 5.11 Å². The van der Waals surface area contributed by atoms with Crippen molar-refractivity contribution >= 4 is 11.6 Å². The van der Waals surface area contributed by atoms with E-state index in [0.29, 0.717) is 12.6 Å². The van der Waals surface area contributed by atoms with Gasteiger partial charge in [0.05, 0.1) is 23.0 Å². The molecular formula is C13H22ClN3O.